The van der Waals surface area contributed by atoms with E-state index >= 15 is 0 Å². The first kappa shape index (κ1) is 14.2. The van der Waals surface area contributed by atoms with E-state index in [1.807, 2.05) is 0 Å². The molecule has 0 aliphatic carbocycles. The Morgan fingerprint density at radius 1 is 1.44 bits per heavy atom. The molecular formula is C13H15FN2O2. The molecule has 0 saturated carbocycles. The molecule has 1 amide bonds. The van der Waals surface area contributed by atoms with Crippen LogP contribution in [0.15, 0.2) is 24.3 Å². The van der Waals surface area contributed by atoms with E-state index in [4.69, 9.17) is 6.42 Å². The van der Waals surface area contributed by atoms with Crippen LogP contribution in [0.2, 0.25) is 0 Å². The normalized spacial score (nSPS) is 11.6. The molecule has 18 heavy (non-hydrogen) atoms. The molecule has 0 bridgehead atoms. The Hall–Kier alpha value is -1.90. The second-order valence-corrected chi connectivity index (χ2v) is 3.68. The molecule has 0 aromatic heterocycles. The zero-order chi connectivity index (χ0) is 13.4. The largest absolute Gasteiger partial charge is 0.387 e. The summed E-state index contributed by atoms with van der Waals surface area (Å²) < 4.78 is 12.7. The minimum Gasteiger partial charge on any atom is -0.387 e. The van der Waals surface area contributed by atoms with Gasteiger partial charge in [-0.05, 0) is 17.7 Å². The van der Waals surface area contributed by atoms with Gasteiger partial charge in [-0.15, -0.1) is 6.42 Å². The second kappa shape index (κ2) is 7.43. The van der Waals surface area contributed by atoms with Gasteiger partial charge in [-0.25, -0.2) is 4.39 Å². The quantitative estimate of drug-likeness (QED) is 0.499. The SMILES string of the molecule is C#CCNCC(=O)NC[C@@H](O)c1ccc(F)cc1. The second-order valence-electron chi connectivity index (χ2n) is 3.68. The minimum atomic E-state index is -0.859. The molecule has 0 saturated heterocycles. The fourth-order valence-corrected chi connectivity index (χ4v) is 1.32. The zero-order valence-corrected chi connectivity index (χ0v) is 9.82. The van der Waals surface area contributed by atoms with Gasteiger partial charge < -0.3 is 10.4 Å². The van der Waals surface area contributed by atoms with E-state index in [9.17, 15) is 14.3 Å². The fourth-order valence-electron chi connectivity index (χ4n) is 1.32. The van der Waals surface area contributed by atoms with Crippen molar-refractivity contribution in [3.63, 3.8) is 0 Å². The number of rotatable bonds is 6. The summed E-state index contributed by atoms with van der Waals surface area (Å²) in [5, 5.41) is 15.0. The van der Waals surface area contributed by atoms with Crippen LogP contribution < -0.4 is 10.6 Å². The summed E-state index contributed by atoms with van der Waals surface area (Å²) in [6, 6.07) is 5.47. The lowest BCUT2D eigenvalue weighted by Crippen LogP contribution is -2.36. The lowest BCUT2D eigenvalue weighted by molar-refractivity contribution is -0.120. The summed E-state index contributed by atoms with van der Waals surface area (Å²) in [4.78, 5) is 11.3. The van der Waals surface area contributed by atoms with Crippen molar-refractivity contribution in [1.82, 2.24) is 10.6 Å². The molecule has 3 N–H and O–H groups in total. The number of hydrogen-bond donors (Lipinski definition) is 3. The van der Waals surface area contributed by atoms with E-state index in [2.05, 4.69) is 16.6 Å². The highest BCUT2D eigenvalue weighted by Gasteiger charge is 2.09. The predicted octanol–water partition coefficient (Wildman–Crippen LogP) is 0.198. The topological polar surface area (TPSA) is 61.4 Å². The van der Waals surface area contributed by atoms with Gasteiger partial charge in [0.15, 0.2) is 0 Å². The van der Waals surface area contributed by atoms with E-state index in [0.29, 0.717) is 12.1 Å². The van der Waals surface area contributed by atoms with Crippen molar-refractivity contribution < 1.29 is 14.3 Å². The number of terminal acetylenes is 1. The highest BCUT2D eigenvalue weighted by molar-refractivity contribution is 5.78. The van der Waals surface area contributed by atoms with Crippen LogP contribution in [0.3, 0.4) is 0 Å². The Morgan fingerprint density at radius 2 is 2.11 bits per heavy atom. The maximum Gasteiger partial charge on any atom is 0.234 e. The van der Waals surface area contributed by atoms with Crippen LogP contribution >= 0.6 is 0 Å². The van der Waals surface area contributed by atoms with Crippen molar-refractivity contribution in [2.45, 2.75) is 6.10 Å². The number of benzene rings is 1. The number of carbonyl (C=O) groups is 1. The molecule has 1 aromatic carbocycles. The third-order valence-electron chi connectivity index (χ3n) is 2.26. The molecule has 96 valence electrons. The molecule has 5 heteroatoms. The standard InChI is InChI=1S/C13H15FN2O2/c1-2-7-15-9-13(18)16-8-12(17)10-3-5-11(14)6-4-10/h1,3-6,12,15,17H,7-9H2,(H,16,18)/t12-/m1/s1. The van der Waals surface area contributed by atoms with E-state index in [0.717, 1.165) is 0 Å². The van der Waals surface area contributed by atoms with E-state index < -0.39 is 6.10 Å². The molecule has 0 heterocycles. The fraction of sp³-hybridized carbons (Fsp3) is 0.308. The van der Waals surface area contributed by atoms with Gasteiger partial charge in [0.1, 0.15) is 5.82 Å². The predicted molar refractivity (Wildman–Crippen MR) is 66.1 cm³/mol. The average molecular weight is 250 g/mol. The van der Waals surface area contributed by atoms with Crippen LogP contribution in [0.1, 0.15) is 11.7 Å². The van der Waals surface area contributed by atoms with Crippen LogP contribution in [0.4, 0.5) is 4.39 Å². The monoisotopic (exact) mass is 250 g/mol. The highest BCUT2D eigenvalue weighted by atomic mass is 19.1. The third-order valence-corrected chi connectivity index (χ3v) is 2.26. The number of aliphatic hydroxyl groups is 1. The summed E-state index contributed by atoms with van der Waals surface area (Å²) in [6.07, 6.45) is 4.15. The summed E-state index contributed by atoms with van der Waals surface area (Å²) in [5.74, 6) is 1.72. The molecule has 0 fully saturated rings. The number of halogens is 1. The third kappa shape index (κ3) is 4.95. The molecule has 0 aliphatic rings. The zero-order valence-electron chi connectivity index (χ0n) is 9.82. The molecule has 1 aromatic rings. The van der Waals surface area contributed by atoms with E-state index in [1.54, 1.807) is 0 Å². The Kier molecular flexibility index (Phi) is 5.85. The van der Waals surface area contributed by atoms with Crippen LogP contribution in [0.5, 0.6) is 0 Å². The van der Waals surface area contributed by atoms with E-state index in [1.165, 1.54) is 24.3 Å². The van der Waals surface area contributed by atoms with Crippen molar-refractivity contribution in [3.05, 3.63) is 35.6 Å². The van der Waals surface area contributed by atoms with Gasteiger partial charge >= 0.3 is 0 Å². The summed E-state index contributed by atoms with van der Waals surface area (Å²) in [6.45, 7) is 0.483. The number of nitrogens with one attached hydrogen (secondary N) is 2. The van der Waals surface area contributed by atoms with Crippen LogP contribution in [0.25, 0.3) is 0 Å². The number of hydrogen-bond acceptors (Lipinski definition) is 3. The highest BCUT2D eigenvalue weighted by Crippen LogP contribution is 2.12. The Balaban J connectivity index is 2.32. The summed E-state index contributed by atoms with van der Waals surface area (Å²) in [5.41, 5.74) is 0.549. The Labute approximate surface area is 105 Å². The molecule has 0 radical (unpaired) electrons. The molecule has 0 unspecified atom stereocenters. The van der Waals surface area contributed by atoms with Gasteiger partial charge in [-0.1, -0.05) is 18.1 Å². The first-order chi connectivity index (χ1) is 8.63. The molecule has 4 nitrogen and oxygen atoms in total. The summed E-state index contributed by atoms with van der Waals surface area (Å²) in [7, 11) is 0. The molecule has 0 spiro atoms. The Morgan fingerprint density at radius 3 is 2.72 bits per heavy atom. The Bertz CT molecular complexity index is 426. The van der Waals surface area contributed by atoms with Gasteiger partial charge in [0.25, 0.3) is 0 Å². The van der Waals surface area contributed by atoms with Crippen LogP contribution in [0, 0.1) is 18.2 Å². The van der Waals surface area contributed by atoms with Gasteiger partial charge in [-0.2, -0.15) is 0 Å². The van der Waals surface area contributed by atoms with Gasteiger partial charge in [0.2, 0.25) is 5.91 Å². The lowest BCUT2D eigenvalue weighted by atomic mass is 10.1. The molecule has 1 rings (SSSR count). The summed E-state index contributed by atoms with van der Waals surface area (Å²) >= 11 is 0. The first-order valence-electron chi connectivity index (χ1n) is 5.48. The maximum atomic E-state index is 12.7. The van der Waals surface area contributed by atoms with Gasteiger partial charge in [0, 0.05) is 6.54 Å². The van der Waals surface area contributed by atoms with Crippen molar-refractivity contribution in [2.24, 2.45) is 0 Å². The minimum absolute atomic E-state index is 0.0716. The first-order valence-corrected chi connectivity index (χ1v) is 5.48. The van der Waals surface area contributed by atoms with Crippen molar-refractivity contribution >= 4 is 5.91 Å². The number of amides is 1. The number of carbonyl (C=O) groups excluding carboxylic acids is 1. The molecule has 1 atom stereocenters. The van der Waals surface area contributed by atoms with Gasteiger partial charge in [-0.3, -0.25) is 10.1 Å². The maximum absolute atomic E-state index is 12.7. The van der Waals surface area contributed by atoms with Crippen molar-refractivity contribution in [2.75, 3.05) is 19.6 Å². The van der Waals surface area contributed by atoms with Gasteiger partial charge in [0.05, 0.1) is 19.2 Å². The molecular weight excluding hydrogens is 235 g/mol. The average Bonchev–Trinajstić information content (AvgIpc) is 2.37. The van der Waals surface area contributed by atoms with Crippen LogP contribution in [-0.4, -0.2) is 30.6 Å². The van der Waals surface area contributed by atoms with Crippen LogP contribution in [-0.2, 0) is 4.79 Å². The van der Waals surface area contributed by atoms with Crippen molar-refractivity contribution in [3.8, 4) is 12.3 Å². The molecule has 0 aliphatic heterocycles. The van der Waals surface area contributed by atoms with Crippen molar-refractivity contribution in [1.29, 1.82) is 0 Å². The van der Waals surface area contributed by atoms with E-state index in [-0.39, 0.29) is 24.8 Å². The smallest absolute Gasteiger partial charge is 0.234 e. The lowest BCUT2D eigenvalue weighted by Gasteiger charge is -2.12. The number of aliphatic hydroxyl groups excluding tert-OH is 1.